The SMILES string of the molecule is COc1ccccc1-n1cc(C(C)N)cn1. The largest absolute Gasteiger partial charge is 0.494 e. The Morgan fingerprint density at radius 3 is 2.75 bits per heavy atom. The van der Waals surface area contributed by atoms with Gasteiger partial charge >= 0.3 is 0 Å². The van der Waals surface area contributed by atoms with E-state index in [0.717, 1.165) is 17.0 Å². The van der Waals surface area contributed by atoms with E-state index in [9.17, 15) is 0 Å². The second-order valence-electron chi connectivity index (χ2n) is 3.68. The van der Waals surface area contributed by atoms with Crippen LogP contribution in [-0.2, 0) is 0 Å². The third kappa shape index (κ3) is 1.92. The van der Waals surface area contributed by atoms with Crippen molar-refractivity contribution in [2.24, 2.45) is 5.73 Å². The van der Waals surface area contributed by atoms with Crippen LogP contribution in [0.15, 0.2) is 36.7 Å². The molecule has 0 saturated carbocycles. The summed E-state index contributed by atoms with van der Waals surface area (Å²) in [6.07, 6.45) is 3.69. The predicted octanol–water partition coefficient (Wildman–Crippen LogP) is 1.90. The zero-order chi connectivity index (χ0) is 11.5. The number of methoxy groups -OCH3 is 1. The van der Waals surface area contributed by atoms with Crippen LogP contribution >= 0.6 is 0 Å². The van der Waals surface area contributed by atoms with Crippen molar-refractivity contribution < 1.29 is 4.74 Å². The maximum atomic E-state index is 5.79. The lowest BCUT2D eigenvalue weighted by atomic mass is 10.2. The van der Waals surface area contributed by atoms with Crippen LogP contribution in [0.25, 0.3) is 5.69 Å². The molecule has 2 aromatic rings. The Morgan fingerprint density at radius 1 is 1.38 bits per heavy atom. The van der Waals surface area contributed by atoms with Gasteiger partial charge in [0.15, 0.2) is 0 Å². The highest BCUT2D eigenvalue weighted by Crippen LogP contribution is 2.22. The summed E-state index contributed by atoms with van der Waals surface area (Å²) in [6.45, 7) is 1.93. The molecule has 2 rings (SSSR count). The molecule has 1 atom stereocenters. The molecule has 1 aromatic heterocycles. The van der Waals surface area contributed by atoms with Gasteiger partial charge in [0.05, 0.1) is 13.3 Å². The van der Waals surface area contributed by atoms with Crippen molar-refractivity contribution in [2.75, 3.05) is 7.11 Å². The standard InChI is InChI=1S/C12H15N3O/c1-9(13)10-7-14-15(8-10)11-5-3-4-6-12(11)16-2/h3-9H,13H2,1-2H3. The number of rotatable bonds is 3. The minimum Gasteiger partial charge on any atom is -0.494 e. The summed E-state index contributed by atoms with van der Waals surface area (Å²) in [5.41, 5.74) is 7.71. The average molecular weight is 217 g/mol. The number of nitrogens with zero attached hydrogens (tertiary/aromatic N) is 2. The minimum atomic E-state index is -0.0107. The Balaban J connectivity index is 2.42. The van der Waals surface area contributed by atoms with Crippen molar-refractivity contribution in [3.63, 3.8) is 0 Å². The molecule has 0 amide bonds. The van der Waals surface area contributed by atoms with Gasteiger partial charge in [-0.3, -0.25) is 0 Å². The zero-order valence-corrected chi connectivity index (χ0v) is 9.42. The van der Waals surface area contributed by atoms with E-state index in [1.54, 1.807) is 18.0 Å². The van der Waals surface area contributed by atoms with Gasteiger partial charge in [0.25, 0.3) is 0 Å². The smallest absolute Gasteiger partial charge is 0.144 e. The van der Waals surface area contributed by atoms with Crippen LogP contribution in [0.1, 0.15) is 18.5 Å². The van der Waals surface area contributed by atoms with Crippen molar-refractivity contribution in [2.45, 2.75) is 13.0 Å². The maximum absolute atomic E-state index is 5.79. The molecule has 0 saturated heterocycles. The van der Waals surface area contributed by atoms with Crippen LogP contribution in [-0.4, -0.2) is 16.9 Å². The van der Waals surface area contributed by atoms with Crippen LogP contribution < -0.4 is 10.5 Å². The Morgan fingerprint density at radius 2 is 2.12 bits per heavy atom. The number of ether oxygens (including phenoxy) is 1. The third-order valence-corrected chi connectivity index (χ3v) is 2.46. The molecule has 84 valence electrons. The molecule has 0 aliphatic rings. The number of hydrogen-bond donors (Lipinski definition) is 1. The molecule has 0 bridgehead atoms. The number of para-hydroxylation sites is 2. The Kier molecular flexibility index (Phi) is 2.92. The molecule has 1 heterocycles. The molecule has 0 radical (unpaired) electrons. The highest BCUT2D eigenvalue weighted by atomic mass is 16.5. The van der Waals surface area contributed by atoms with Gasteiger partial charge in [0.1, 0.15) is 11.4 Å². The van der Waals surface area contributed by atoms with E-state index in [-0.39, 0.29) is 6.04 Å². The van der Waals surface area contributed by atoms with Crippen LogP contribution in [0.2, 0.25) is 0 Å². The van der Waals surface area contributed by atoms with E-state index < -0.39 is 0 Å². The monoisotopic (exact) mass is 217 g/mol. The highest BCUT2D eigenvalue weighted by molar-refractivity contribution is 5.46. The summed E-state index contributed by atoms with van der Waals surface area (Å²) >= 11 is 0. The summed E-state index contributed by atoms with van der Waals surface area (Å²) in [4.78, 5) is 0. The van der Waals surface area contributed by atoms with Gasteiger partial charge in [-0.25, -0.2) is 4.68 Å². The van der Waals surface area contributed by atoms with Crippen LogP contribution in [0.4, 0.5) is 0 Å². The Hall–Kier alpha value is -1.81. The normalized spacial score (nSPS) is 12.4. The zero-order valence-electron chi connectivity index (χ0n) is 9.42. The van der Waals surface area contributed by atoms with E-state index in [0.29, 0.717) is 0 Å². The minimum absolute atomic E-state index is 0.0107. The van der Waals surface area contributed by atoms with Crippen LogP contribution in [0, 0.1) is 0 Å². The third-order valence-electron chi connectivity index (χ3n) is 2.46. The van der Waals surface area contributed by atoms with E-state index >= 15 is 0 Å². The topological polar surface area (TPSA) is 53.1 Å². The van der Waals surface area contributed by atoms with Crippen LogP contribution in [0.5, 0.6) is 5.75 Å². The van der Waals surface area contributed by atoms with Gasteiger partial charge in [-0.2, -0.15) is 5.10 Å². The van der Waals surface area contributed by atoms with Crippen LogP contribution in [0.3, 0.4) is 0 Å². The van der Waals surface area contributed by atoms with Gasteiger partial charge in [-0.15, -0.1) is 0 Å². The number of hydrogen-bond acceptors (Lipinski definition) is 3. The first kappa shape index (κ1) is 10.7. The van der Waals surface area contributed by atoms with Crippen molar-refractivity contribution in [3.05, 3.63) is 42.2 Å². The van der Waals surface area contributed by atoms with Crippen molar-refractivity contribution in [1.29, 1.82) is 0 Å². The summed E-state index contributed by atoms with van der Waals surface area (Å²) in [6, 6.07) is 7.73. The van der Waals surface area contributed by atoms with E-state index in [1.165, 1.54) is 0 Å². The highest BCUT2D eigenvalue weighted by Gasteiger charge is 2.07. The van der Waals surface area contributed by atoms with Crippen molar-refractivity contribution >= 4 is 0 Å². The van der Waals surface area contributed by atoms with Gasteiger partial charge in [0.2, 0.25) is 0 Å². The quantitative estimate of drug-likeness (QED) is 0.854. The summed E-state index contributed by atoms with van der Waals surface area (Å²) in [7, 11) is 1.65. The van der Waals surface area contributed by atoms with E-state index in [1.807, 2.05) is 37.4 Å². The van der Waals surface area contributed by atoms with Crippen molar-refractivity contribution in [3.8, 4) is 11.4 Å². The van der Waals surface area contributed by atoms with E-state index in [2.05, 4.69) is 5.10 Å². The molecule has 1 unspecified atom stereocenters. The molecule has 4 nitrogen and oxygen atoms in total. The maximum Gasteiger partial charge on any atom is 0.144 e. The van der Waals surface area contributed by atoms with Crippen molar-refractivity contribution in [1.82, 2.24) is 9.78 Å². The second-order valence-corrected chi connectivity index (χ2v) is 3.68. The molecule has 4 heteroatoms. The predicted molar refractivity (Wildman–Crippen MR) is 62.7 cm³/mol. The van der Waals surface area contributed by atoms with Gasteiger partial charge in [-0.1, -0.05) is 12.1 Å². The first-order valence-electron chi connectivity index (χ1n) is 5.16. The number of nitrogens with two attached hydrogens (primary N) is 1. The molecule has 0 fully saturated rings. The molecule has 0 aliphatic carbocycles. The summed E-state index contributed by atoms with van der Waals surface area (Å²) in [5.74, 6) is 0.793. The Labute approximate surface area is 94.6 Å². The molecule has 2 N–H and O–H groups in total. The number of aromatic nitrogens is 2. The molecule has 1 aromatic carbocycles. The summed E-state index contributed by atoms with van der Waals surface area (Å²) in [5, 5.41) is 4.27. The average Bonchev–Trinajstić information content (AvgIpc) is 2.78. The number of benzene rings is 1. The van der Waals surface area contributed by atoms with Gasteiger partial charge in [-0.05, 0) is 19.1 Å². The lowest BCUT2D eigenvalue weighted by Crippen LogP contribution is -2.03. The molecule has 16 heavy (non-hydrogen) atoms. The lowest BCUT2D eigenvalue weighted by Gasteiger charge is -2.07. The Bertz CT molecular complexity index is 477. The first-order valence-corrected chi connectivity index (χ1v) is 5.16. The molecular weight excluding hydrogens is 202 g/mol. The molecule has 0 spiro atoms. The van der Waals surface area contributed by atoms with E-state index in [4.69, 9.17) is 10.5 Å². The summed E-state index contributed by atoms with van der Waals surface area (Å²) < 4.78 is 7.05. The molecule has 0 aliphatic heterocycles. The fraction of sp³-hybridized carbons (Fsp3) is 0.250. The fourth-order valence-electron chi connectivity index (χ4n) is 1.52. The van der Waals surface area contributed by atoms with Gasteiger partial charge < -0.3 is 10.5 Å². The second kappa shape index (κ2) is 4.37. The molecular formula is C12H15N3O. The first-order chi connectivity index (χ1) is 7.72. The fourth-order valence-corrected chi connectivity index (χ4v) is 1.52. The van der Waals surface area contributed by atoms with Gasteiger partial charge in [0, 0.05) is 17.8 Å². The lowest BCUT2D eigenvalue weighted by molar-refractivity contribution is 0.411.